The van der Waals surface area contributed by atoms with Crippen LogP contribution in [0.1, 0.15) is 45.4 Å². The van der Waals surface area contributed by atoms with E-state index in [2.05, 4.69) is 6.58 Å². The molecule has 5 rings (SSSR count). The fourth-order valence-corrected chi connectivity index (χ4v) is 7.66. The standard InChI is InChI=1S/C19H24O5/c1-9-7-18-8-10(9)3-4-11(18)19-6-5-12(20)17(2,16(23)24-19)14(19)13(18)15(21)22/h10-14,20H,1,3-8H2,2H3,(H,21,22)/t10-,11-,12+,13-,14-,17-,18-,19-/m1/s1. The van der Waals surface area contributed by atoms with Gasteiger partial charge < -0.3 is 14.9 Å². The van der Waals surface area contributed by atoms with Crippen LogP contribution < -0.4 is 0 Å². The van der Waals surface area contributed by atoms with Gasteiger partial charge in [-0.2, -0.15) is 0 Å². The number of aliphatic hydroxyl groups excluding tert-OH is 1. The molecule has 5 nitrogen and oxygen atoms in total. The SMILES string of the molecule is C=C1C[C@@]23C[C@H]1CC[C@H]2[C@@]12CC[C@H](O)[C@@](C)(C(=O)O1)[C@H]2[C@@H]3C(=O)O. The maximum atomic E-state index is 12.7. The minimum Gasteiger partial charge on any atom is -0.481 e. The van der Waals surface area contributed by atoms with Crippen molar-refractivity contribution in [1.29, 1.82) is 0 Å². The molecule has 4 saturated carbocycles. The number of hydrogen-bond acceptors (Lipinski definition) is 4. The Morgan fingerprint density at radius 3 is 2.79 bits per heavy atom. The first kappa shape index (κ1) is 14.9. The third kappa shape index (κ3) is 1.29. The number of carboxylic acid groups (broad SMARTS) is 1. The van der Waals surface area contributed by atoms with E-state index in [0.717, 1.165) is 25.7 Å². The molecule has 130 valence electrons. The van der Waals surface area contributed by atoms with Gasteiger partial charge in [0.05, 0.1) is 17.4 Å². The molecular weight excluding hydrogens is 308 g/mol. The predicted molar refractivity (Wildman–Crippen MR) is 83.8 cm³/mol. The molecule has 0 amide bonds. The summed E-state index contributed by atoms with van der Waals surface area (Å²) in [6.07, 6.45) is 3.81. The van der Waals surface area contributed by atoms with Crippen LogP contribution in [0.25, 0.3) is 0 Å². The lowest BCUT2D eigenvalue weighted by atomic mass is 9.59. The maximum absolute atomic E-state index is 12.7. The lowest BCUT2D eigenvalue weighted by Crippen LogP contribution is -2.53. The highest BCUT2D eigenvalue weighted by molar-refractivity contribution is 5.85. The average molecular weight is 332 g/mol. The molecule has 1 aliphatic heterocycles. The summed E-state index contributed by atoms with van der Waals surface area (Å²) in [5, 5.41) is 20.8. The van der Waals surface area contributed by atoms with Gasteiger partial charge in [0.25, 0.3) is 0 Å². The lowest BCUT2D eigenvalue weighted by molar-refractivity contribution is -0.162. The second-order valence-corrected chi connectivity index (χ2v) is 9.07. The maximum Gasteiger partial charge on any atom is 0.315 e. The van der Waals surface area contributed by atoms with Crippen LogP contribution in [0.5, 0.6) is 0 Å². The Balaban J connectivity index is 1.76. The van der Waals surface area contributed by atoms with E-state index in [1.807, 2.05) is 0 Å². The second-order valence-electron chi connectivity index (χ2n) is 9.07. The van der Waals surface area contributed by atoms with Crippen LogP contribution in [-0.4, -0.2) is 33.9 Å². The zero-order valence-electron chi connectivity index (χ0n) is 14.0. The molecule has 1 saturated heterocycles. The highest BCUT2D eigenvalue weighted by Gasteiger charge is 2.83. The first-order chi connectivity index (χ1) is 11.3. The van der Waals surface area contributed by atoms with E-state index in [9.17, 15) is 19.8 Å². The zero-order chi connectivity index (χ0) is 17.1. The van der Waals surface area contributed by atoms with Crippen molar-refractivity contribution in [2.45, 2.75) is 57.2 Å². The summed E-state index contributed by atoms with van der Waals surface area (Å²) < 4.78 is 6.01. The van der Waals surface area contributed by atoms with Crippen molar-refractivity contribution in [2.24, 2.45) is 34.5 Å². The number of esters is 1. The number of carboxylic acids is 1. The fourth-order valence-electron chi connectivity index (χ4n) is 7.66. The monoisotopic (exact) mass is 332 g/mol. The molecule has 0 radical (unpaired) electrons. The zero-order valence-corrected chi connectivity index (χ0v) is 14.0. The molecule has 0 unspecified atom stereocenters. The van der Waals surface area contributed by atoms with Gasteiger partial charge >= 0.3 is 11.9 Å². The van der Waals surface area contributed by atoms with Crippen molar-refractivity contribution in [3.05, 3.63) is 12.2 Å². The molecule has 8 atom stereocenters. The van der Waals surface area contributed by atoms with Crippen molar-refractivity contribution in [1.82, 2.24) is 0 Å². The Bertz CT molecular complexity index is 685. The van der Waals surface area contributed by atoms with Crippen LogP contribution >= 0.6 is 0 Å². The first-order valence-corrected chi connectivity index (χ1v) is 9.09. The van der Waals surface area contributed by atoms with Crippen LogP contribution in [0.15, 0.2) is 12.2 Å². The molecule has 0 aromatic rings. The Hall–Kier alpha value is -1.36. The number of hydrogen-bond donors (Lipinski definition) is 2. The lowest BCUT2D eigenvalue weighted by Gasteiger charge is -2.44. The molecule has 2 N–H and O–H groups in total. The highest BCUT2D eigenvalue weighted by atomic mass is 16.6. The number of carbonyl (C=O) groups is 2. The number of ether oxygens (including phenoxy) is 1. The Morgan fingerprint density at radius 1 is 1.33 bits per heavy atom. The topological polar surface area (TPSA) is 83.8 Å². The Morgan fingerprint density at radius 2 is 2.08 bits per heavy atom. The van der Waals surface area contributed by atoms with Crippen molar-refractivity contribution in [3.8, 4) is 0 Å². The molecule has 1 spiro atoms. The minimum absolute atomic E-state index is 0.0878. The summed E-state index contributed by atoms with van der Waals surface area (Å²) in [7, 11) is 0. The summed E-state index contributed by atoms with van der Waals surface area (Å²) in [4.78, 5) is 25.1. The summed E-state index contributed by atoms with van der Waals surface area (Å²) in [6, 6.07) is 0. The number of fused-ring (bicyclic) bond motifs is 1. The van der Waals surface area contributed by atoms with Crippen molar-refractivity contribution < 1.29 is 24.5 Å². The van der Waals surface area contributed by atoms with Crippen LogP contribution in [-0.2, 0) is 14.3 Å². The summed E-state index contributed by atoms with van der Waals surface area (Å²) in [5.74, 6) is -1.78. The number of aliphatic hydroxyl groups is 1. The van der Waals surface area contributed by atoms with E-state index in [4.69, 9.17) is 4.74 Å². The van der Waals surface area contributed by atoms with E-state index in [1.165, 1.54) is 5.57 Å². The first-order valence-electron chi connectivity index (χ1n) is 9.09. The van der Waals surface area contributed by atoms with Gasteiger partial charge in [0.2, 0.25) is 0 Å². The molecule has 0 aromatic heterocycles. The second kappa shape index (κ2) is 4.06. The normalized spacial score (nSPS) is 57.5. The van der Waals surface area contributed by atoms with Crippen molar-refractivity contribution >= 4 is 11.9 Å². The van der Waals surface area contributed by atoms with E-state index >= 15 is 0 Å². The minimum atomic E-state index is -1.09. The molecule has 5 heteroatoms. The predicted octanol–water partition coefficient (Wildman–Crippen LogP) is 2.14. The Kier molecular flexibility index (Phi) is 2.53. The van der Waals surface area contributed by atoms with Gasteiger partial charge in [-0.25, -0.2) is 0 Å². The van der Waals surface area contributed by atoms with Gasteiger partial charge in [0.15, 0.2) is 0 Å². The molecule has 5 fully saturated rings. The van der Waals surface area contributed by atoms with Crippen LogP contribution in [0, 0.1) is 34.5 Å². The number of rotatable bonds is 1. The van der Waals surface area contributed by atoms with Crippen LogP contribution in [0.3, 0.4) is 0 Å². The molecule has 0 aromatic carbocycles. The van der Waals surface area contributed by atoms with Crippen LogP contribution in [0.2, 0.25) is 0 Å². The third-order valence-electron chi connectivity index (χ3n) is 8.46. The Labute approximate surface area is 141 Å². The van der Waals surface area contributed by atoms with Gasteiger partial charge in [-0.05, 0) is 56.8 Å². The summed E-state index contributed by atoms with van der Waals surface area (Å²) >= 11 is 0. The third-order valence-corrected chi connectivity index (χ3v) is 8.46. The largest absolute Gasteiger partial charge is 0.481 e. The number of carbonyl (C=O) groups excluding carboxylic acids is 1. The molecule has 4 bridgehead atoms. The molecule has 4 aliphatic carbocycles. The summed E-state index contributed by atoms with van der Waals surface area (Å²) in [5.41, 5.74) is -0.953. The van der Waals surface area contributed by atoms with E-state index in [-0.39, 0.29) is 11.3 Å². The highest BCUT2D eigenvalue weighted by Crippen LogP contribution is 2.77. The van der Waals surface area contributed by atoms with Crippen molar-refractivity contribution in [2.75, 3.05) is 0 Å². The number of aliphatic carboxylic acids is 1. The molecule has 24 heavy (non-hydrogen) atoms. The molecular formula is C19H24O5. The number of allylic oxidation sites excluding steroid dienone is 1. The molecule has 5 aliphatic rings. The van der Waals surface area contributed by atoms with Gasteiger partial charge in [-0.3, -0.25) is 9.59 Å². The quantitative estimate of drug-likeness (QED) is 0.568. The smallest absolute Gasteiger partial charge is 0.315 e. The molecule has 1 heterocycles. The van der Waals surface area contributed by atoms with E-state index in [1.54, 1.807) is 6.92 Å². The van der Waals surface area contributed by atoms with E-state index < -0.39 is 40.9 Å². The van der Waals surface area contributed by atoms with Crippen LogP contribution in [0.4, 0.5) is 0 Å². The van der Waals surface area contributed by atoms with Gasteiger partial charge in [0, 0.05) is 11.8 Å². The van der Waals surface area contributed by atoms with Gasteiger partial charge in [0.1, 0.15) is 5.60 Å². The fraction of sp³-hybridized carbons (Fsp3) is 0.789. The van der Waals surface area contributed by atoms with Gasteiger partial charge in [-0.1, -0.05) is 12.2 Å². The van der Waals surface area contributed by atoms with E-state index in [0.29, 0.717) is 18.8 Å². The summed E-state index contributed by atoms with van der Waals surface area (Å²) in [6.45, 7) is 5.95. The van der Waals surface area contributed by atoms with Crippen molar-refractivity contribution in [3.63, 3.8) is 0 Å². The van der Waals surface area contributed by atoms with Gasteiger partial charge in [-0.15, -0.1) is 0 Å². The average Bonchev–Trinajstić information content (AvgIpc) is 2.98.